The first kappa shape index (κ1) is 17.4. The van der Waals surface area contributed by atoms with Crippen LogP contribution in [0.5, 0.6) is 0 Å². The molecule has 1 aliphatic rings. The molecule has 126 valence electrons. The van der Waals surface area contributed by atoms with Gasteiger partial charge in [-0.05, 0) is 12.1 Å². The fourth-order valence-corrected chi connectivity index (χ4v) is 2.16. The third kappa shape index (κ3) is 4.26. The molecule has 1 aliphatic heterocycles. The molecular weight excluding hydrogens is 308 g/mol. The Morgan fingerprint density at radius 3 is 2.39 bits per heavy atom. The van der Waals surface area contributed by atoms with Gasteiger partial charge in [0, 0.05) is 6.92 Å². The Kier molecular flexibility index (Phi) is 5.67. The molecule has 1 aromatic rings. The average molecular weight is 326 g/mol. The number of carbonyl (C=O) groups excluding carboxylic acids is 2. The first-order valence-corrected chi connectivity index (χ1v) is 6.99. The minimum atomic E-state index is -1.69. The summed E-state index contributed by atoms with van der Waals surface area (Å²) in [4.78, 5) is 22.9. The topological polar surface area (TPSA) is 123 Å². The highest BCUT2D eigenvalue weighted by molar-refractivity contribution is 5.89. The van der Waals surface area contributed by atoms with Crippen molar-refractivity contribution >= 4 is 11.9 Å². The fourth-order valence-electron chi connectivity index (χ4n) is 2.16. The summed E-state index contributed by atoms with van der Waals surface area (Å²) in [6.45, 7) is 0.826. The summed E-state index contributed by atoms with van der Waals surface area (Å²) in [6, 6.07) is 7.99. The first-order valence-electron chi connectivity index (χ1n) is 6.99. The Morgan fingerprint density at radius 1 is 1.13 bits per heavy atom. The molecule has 1 heterocycles. The normalized spacial score (nSPS) is 30.5. The summed E-state index contributed by atoms with van der Waals surface area (Å²) >= 11 is 0. The van der Waals surface area contributed by atoms with E-state index in [1.807, 2.05) is 0 Å². The molecule has 1 saturated heterocycles. The van der Waals surface area contributed by atoms with E-state index >= 15 is 0 Å². The molecule has 5 atom stereocenters. The second kappa shape index (κ2) is 7.51. The van der Waals surface area contributed by atoms with E-state index < -0.39 is 42.6 Å². The molecule has 0 amide bonds. The monoisotopic (exact) mass is 326 g/mol. The lowest BCUT2D eigenvalue weighted by atomic mass is 9.99. The second-order valence-electron chi connectivity index (χ2n) is 5.08. The van der Waals surface area contributed by atoms with Crippen LogP contribution in [0.25, 0.3) is 0 Å². The number of ether oxygens (including phenoxy) is 3. The van der Waals surface area contributed by atoms with Gasteiger partial charge in [-0.1, -0.05) is 18.2 Å². The zero-order valence-electron chi connectivity index (χ0n) is 12.4. The van der Waals surface area contributed by atoms with Crippen molar-refractivity contribution in [1.29, 1.82) is 0 Å². The van der Waals surface area contributed by atoms with Crippen LogP contribution >= 0.6 is 0 Å². The minimum absolute atomic E-state index is 0.226. The molecule has 1 aromatic carbocycles. The lowest BCUT2D eigenvalue weighted by Gasteiger charge is -2.39. The molecular formula is C15H18O8. The summed E-state index contributed by atoms with van der Waals surface area (Å²) in [5.41, 5.74) is 0.226. The van der Waals surface area contributed by atoms with Crippen molar-refractivity contribution in [3.8, 4) is 0 Å². The van der Waals surface area contributed by atoms with Crippen LogP contribution in [0.15, 0.2) is 30.3 Å². The van der Waals surface area contributed by atoms with Gasteiger partial charge in [-0.25, -0.2) is 4.79 Å². The van der Waals surface area contributed by atoms with E-state index in [1.54, 1.807) is 18.2 Å². The van der Waals surface area contributed by atoms with E-state index in [9.17, 15) is 24.9 Å². The van der Waals surface area contributed by atoms with Crippen molar-refractivity contribution < 1.29 is 39.1 Å². The largest absolute Gasteiger partial charge is 0.463 e. The Hall–Kier alpha value is -2.00. The summed E-state index contributed by atoms with van der Waals surface area (Å²) in [5, 5.41) is 29.7. The molecule has 0 bridgehead atoms. The number of carbonyl (C=O) groups is 2. The van der Waals surface area contributed by atoms with Gasteiger partial charge in [0.25, 0.3) is 0 Å². The van der Waals surface area contributed by atoms with Gasteiger partial charge in [0.2, 0.25) is 0 Å². The number of aliphatic hydroxyl groups excluding tert-OH is 3. The minimum Gasteiger partial charge on any atom is -0.463 e. The molecule has 3 N–H and O–H groups in total. The van der Waals surface area contributed by atoms with E-state index in [2.05, 4.69) is 0 Å². The Balaban J connectivity index is 2.08. The summed E-state index contributed by atoms with van der Waals surface area (Å²) < 4.78 is 14.8. The zero-order chi connectivity index (χ0) is 17.0. The highest BCUT2D eigenvalue weighted by Gasteiger charge is 2.46. The smallest absolute Gasteiger partial charge is 0.338 e. The van der Waals surface area contributed by atoms with Crippen LogP contribution in [0.3, 0.4) is 0 Å². The second-order valence-corrected chi connectivity index (χ2v) is 5.08. The quantitative estimate of drug-likeness (QED) is 0.616. The molecule has 0 spiro atoms. The van der Waals surface area contributed by atoms with Crippen LogP contribution in [0, 0.1) is 0 Å². The number of hydrogen-bond donors (Lipinski definition) is 3. The van der Waals surface area contributed by atoms with E-state index in [4.69, 9.17) is 14.2 Å². The highest BCUT2D eigenvalue weighted by atomic mass is 16.7. The van der Waals surface area contributed by atoms with Crippen molar-refractivity contribution in [3.63, 3.8) is 0 Å². The van der Waals surface area contributed by atoms with Crippen molar-refractivity contribution in [3.05, 3.63) is 35.9 Å². The predicted molar refractivity (Wildman–Crippen MR) is 75.2 cm³/mol. The molecule has 8 nitrogen and oxygen atoms in total. The number of rotatable bonds is 4. The molecule has 23 heavy (non-hydrogen) atoms. The molecule has 0 aromatic heterocycles. The molecule has 8 heteroatoms. The van der Waals surface area contributed by atoms with Gasteiger partial charge in [-0.15, -0.1) is 0 Å². The van der Waals surface area contributed by atoms with Gasteiger partial charge >= 0.3 is 11.9 Å². The van der Waals surface area contributed by atoms with Crippen molar-refractivity contribution in [1.82, 2.24) is 0 Å². The van der Waals surface area contributed by atoms with Crippen LogP contribution in [0.2, 0.25) is 0 Å². The van der Waals surface area contributed by atoms with Crippen LogP contribution in [-0.2, 0) is 19.0 Å². The van der Waals surface area contributed by atoms with Gasteiger partial charge < -0.3 is 29.5 Å². The van der Waals surface area contributed by atoms with Crippen LogP contribution in [0.4, 0.5) is 0 Å². The van der Waals surface area contributed by atoms with Gasteiger partial charge in [-0.3, -0.25) is 4.79 Å². The summed E-state index contributed by atoms with van der Waals surface area (Å²) in [6.07, 6.45) is -7.35. The average Bonchev–Trinajstić information content (AvgIpc) is 2.54. The molecule has 0 unspecified atom stereocenters. The van der Waals surface area contributed by atoms with E-state index in [0.29, 0.717) is 0 Å². The Morgan fingerprint density at radius 2 is 1.78 bits per heavy atom. The van der Waals surface area contributed by atoms with Crippen molar-refractivity contribution in [2.45, 2.75) is 37.6 Å². The standard InChI is InChI=1S/C15H18O8/c1-8(16)21-7-10-11(17)13(12(18)15(20)22-10)23-14(19)9-5-3-2-4-6-9/h2-6,10-13,15,17-18,20H,7H2,1H3/t10-,11-,12-,13+,15-/m1/s1. The first-order chi connectivity index (χ1) is 10.9. The van der Waals surface area contributed by atoms with Crippen LogP contribution in [-0.4, -0.2) is 64.6 Å². The van der Waals surface area contributed by atoms with Gasteiger partial charge in [0.15, 0.2) is 12.4 Å². The SMILES string of the molecule is CC(=O)OC[C@H]1O[C@@H](O)[C@H](O)[C@@H](OC(=O)c2ccccc2)[C@@H]1O. The van der Waals surface area contributed by atoms with Crippen LogP contribution < -0.4 is 0 Å². The number of esters is 2. The maximum Gasteiger partial charge on any atom is 0.338 e. The Labute approximate surface area is 132 Å². The third-order valence-electron chi connectivity index (χ3n) is 3.36. The highest BCUT2D eigenvalue weighted by Crippen LogP contribution is 2.23. The number of benzene rings is 1. The number of aliphatic hydroxyl groups is 3. The molecule has 0 radical (unpaired) electrons. The van der Waals surface area contributed by atoms with Crippen molar-refractivity contribution in [2.24, 2.45) is 0 Å². The van der Waals surface area contributed by atoms with Crippen molar-refractivity contribution in [2.75, 3.05) is 6.61 Å². The van der Waals surface area contributed by atoms with Crippen LogP contribution in [0.1, 0.15) is 17.3 Å². The molecule has 1 fully saturated rings. The lowest BCUT2D eigenvalue weighted by molar-refractivity contribution is -0.286. The van der Waals surface area contributed by atoms with E-state index in [0.717, 1.165) is 0 Å². The molecule has 2 rings (SSSR count). The van der Waals surface area contributed by atoms with E-state index in [1.165, 1.54) is 19.1 Å². The maximum atomic E-state index is 12.0. The summed E-state index contributed by atoms with van der Waals surface area (Å²) in [7, 11) is 0. The van der Waals surface area contributed by atoms with E-state index in [-0.39, 0.29) is 12.2 Å². The lowest BCUT2D eigenvalue weighted by Crippen LogP contribution is -2.60. The maximum absolute atomic E-state index is 12.0. The van der Waals surface area contributed by atoms with Gasteiger partial charge in [0.05, 0.1) is 5.56 Å². The number of hydrogen-bond acceptors (Lipinski definition) is 8. The van der Waals surface area contributed by atoms with Gasteiger partial charge in [-0.2, -0.15) is 0 Å². The Bertz CT molecular complexity index is 546. The summed E-state index contributed by atoms with van der Waals surface area (Å²) in [5.74, 6) is -1.37. The predicted octanol–water partition coefficient (Wildman–Crippen LogP) is -0.786. The van der Waals surface area contributed by atoms with Gasteiger partial charge in [0.1, 0.15) is 24.9 Å². The molecule has 0 aliphatic carbocycles. The third-order valence-corrected chi connectivity index (χ3v) is 3.36. The fraction of sp³-hybridized carbons (Fsp3) is 0.467. The zero-order valence-corrected chi connectivity index (χ0v) is 12.4. The molecule has 0 saturated carbocycles.